The number of nitrogens with one attached hydrogen (secondary N) is 2. The van der Waals surface area contributed by atoms with Crippen LogP contribution in [0.1, 0.15) is 11.1 Å². The van der Waals surface area contributed by atoms with Gasteiger partial charge >= 0.3 is 0 Å². The normalized spacial score (nSPS) is 14.5. The zero-order valence-electron chi connectivity index (χ0n) is 11.3. The van der Waals surface area contributed by atoms with Crippen LogP contribution < -0.4 is 10.0 Å². The second-order valence-corrected chi connectivity index (χ2v) is 6.59. The number of hydrogen-bond donors (Lipinski definition) is 2. The molecule has 0 saturated heterocycles. The third-order valence-electron chi connectivity index (χ3n) is 3.46. The molecule has 4 nitrogen and oxygen atoms in total. The molecule has 0 aromatic heterocycles. The Balaban J connectivity index is 1.99. The summed E-state index contributed by atoms with van der Waals surface area (Å²) in [5, 5.41) is 3.21. The van der Waals surface area contributed by atoms with E-state index in [1.165, 1.54) is 18.2 Å². The van der Waals surface area contributed by atoms with E-state index in [1.807, 2.05) is 6.07 Å². The van der Waals surface area contributed by atoms with Crippen LogP contribution in [-0.4, -0.2) is 15.0 Å². The van der Waals surface area contributed by atoms with E-state index in [2.05, 4.69) is 10.0 Å². The number of halogens is 1. The van der Waals surface area contributed by atoms with Gasteiger partial charge in [0.15, 0.2) is 0 Å². The van der Waals surface area contributed by atoms with Gasteiger partial charge in [-0.3, -0.25) is 4.72 Å². The third kappa shape index (κ3) is 2.91. The second kappa shape index (κ2) is 5.46. The van der Waals surface area contributed by atoms with Crippen LogP contribution >= 0.6 is 0 Å². The van der Waals surface area contributed by atoms with Crippen LogP contribution in [0.25, 0.3) is 0 Å². The smallest absolute Gasteiger partial charge is 0.262 e. The summed E-state index contributed by atoms with van der Waals surface area (Å²) in [4.78, 5) is 0.269. The topological polar surface area (TPSA) is 58.2 Å². The Morgan fingerprint density at radius 2 is 1.95 bits per heavy atom. The average Bonchev–Trinajstić information content (AvgIpc) is 2.46. The summed E-state index contributed by atoms with van der Waals surface area (Å²) in [6.07, 6.45) is 0.662. The summed E-state index contributed by atoms with van der Waals surface area (Å²) in [5.41, 5.74) is 2.05. The Bertz CT molecular complexity index is 775. The van der Waals surface area contributed by atoms with Crippen LogP contribution in [0.4, 0.5) is 10.1 Å². The molecule has 0 bridgehead atoms. The summed E-state index contributed by atoms with van der Waals surface area (Å²) in [7, 11) is -3.72. The summed E-state index contributed by atoms with van der Waals surface area (Å²) in [6.45, 7) is 1.41. The number of fused-ring (bicyclic) bond motifs is 1. The van der Waals surface area contributed by atoms with Gasteiger partial charge in [0, 0.05) is 6.54 Å². The summed E-state index contributed by atoms with van der Waals surface area (Å²) in [6, 6.07) is 10.7. The summed E-state index contributed by atoms with van der Waals surface area (Å²) in [5.74, 6) is -0.477. The Hall–Kier alpha value is -1.92. The largest absolute Gasteiger partial charge is 0.312 e. The fraction of sp³-hybridized carbons (Fsp3) is 0.200. The van der Waals surface area contributed by atoms with Crippen LogP contribution in [0.3, 0.4) is 0 Å². The zero-order chi connectivity index (χ0) is 14.9. The van der Waals surface area contributed by atoms with E-state index in [9.17, 15) is 12.8 Å². The van der Waals surface area contributed by atoms with Crippen molar-refractivity contribution in [3.8, 4) is 0 Å². The van der Waals surface area contributed by atoms with Crippen LogP contribution in [0.2, 0.25) is 0 Å². The lowest BCUT2D eigenvalue weighted by molar-refractivity contribution is 0.593. The third-order valence-corrected chi connectivity index (χ3v) is 4.93. The van der Waals surface area contributed by atoms with E-state index in [-0.39, 0.29) is 10.6 Å². The highest BCUT2D eigenvalue weighted by Crippen LogP contribution is 2.25. The Labute approximate surface area is 123 Å². The van der Waals surface area contributed by atoms with Gasteiger partial charge in [0.05, 0.1) is 10.6 Å². The van der Waals surface area contributed by atoms with Crippen LogP contribution in [0.15, 0.2) is 47.4 Å². The van der Waals surface area contributed by atoms with Crippen molar-refractivity contribution in [3.63, 3.8) is 0 Å². The van der Waals surface area contributed by atoms with Gasteiger partial charge in [0.1, 0.15) is 5.82 Å². The van der Waals surface area contributed by atoms with Gasteiger partial charge in [-0.2, -0.15) is 0 Å². The van der Waals surface area contributed by atoms with Gasteiger partial charge in [0.25, 0.3) is 10.0 Å². The van der Waals surface area contributed by atoms with Crippen molar-refractivity contribution in [2.45, 2.75) is 17.9 Å². The Morgan fingerprint density at radius 1 is 1.14 bits per heavy atom. The lowest BCUT2D eigenvalue weighted by Crippen LogP contribution is -2.26. The number of hydrogen-bond acceptors (Lipinski definition) is 3. The van der Waals surface area contributed by atoms with E-state index < -0.39 is 15.8 Å². The number of anilines is 1. The first-order valence-electron chi connectivity index (χ1n) is 6.66. The molecule has 1 heterocycles. The Morgan fingerprint density at radius 3 is 2.76 bits per heavy atom. The number of sulfonamides is 1. The van der Waals surface area contributed by atoms with E-state index in [0.29, 0.717) is 13.0 Å². The highest BCUT2D eigenvalue weighted by molar-refractivity contribution is 7.92. The second-order valence-electron chi connectivity index (χ2n) is 4.94. The van der Waals surface area contributed by atoms with Crippen LogP contribution in [0.5, 0.6) is 0 Å². The maximum Gasteiger partial charge on any atom is 0.262 e. The predicted octanol–water partition coefficient (Wildman–Crippen LogP) is 2.27. The molecule has 1 aliphatic rings. The minimum absolute atomic E-state index is 0.224. The molecule has 0 atom stereocenters. The van der Waals surface area contributed by atoms with Crippen molar-refractivity contribution in [2.24, 2.45) is 0 Å². The Kier molecular flexibility index (Phi) is 3.65. The molecule has 0 unspecified atom stereocenters. The fourth-order valence-electron chi connectivity index (χ4n) is 2.51. The van der Waals surface area contributed by atoms with Crippen molar-refractivity contribution in [2.75, 3.05) is 11.3 Å². The first-order chi connectivity index (χ1) is 10.1. The molecule has 0 spiro atoms. The first-order valence-corrected chi connectivity index (χ1v) is 8.14. The van der Waals surface area contributed by atoms with E-state index in [1.54, 1.807) is 12.1 Å². The van der Waals surface area contributed by atoms with Gasteiger partial charge in [-0.05, 0) is 48.4 Å². The standard InChI is InChI=1S/C15H15FN2O2S/c16-12-4-2-5-13(9-12)18-21(19,20)15-6-1-3-11-10-17-8-7-14(11)15/h1-6,9,17-18H,7-8,10H2. The molecule has 2 aromatic rings. The molecular formula is C15H15FN2O2S. The maximum atomic E-state index is 13.2. The first kappa shape index (κ1) is 14.0. The maximum absolute atomic E-state index is 13.2. The molecule has 0 aliphatic carbocycles. The molecule has 110 valence electrons. The molecule has 3 rings (SSSR count). The van der Waals surface area contributed by atoms with Crippen LogP contribution in [-0.2, 0) is 23.0 Å². The zero-order valence-corrected chi connectivity index (χ0v) is 12.1. The minimum atomic E-state index is -3.72. The van der Waals surface area contributed by atoms with Gasteiger partial charge in [-0.25, -0.2) is 12.8 Å². The predicted molar refractivity (Wildman–Crippen MR) is 79.1 cm³/mol. The molecule has 0 amide bonds. The molecule has 21 heavy (non-hydrogen) atoms. The SMILES string of the molecule is O=S(=O)(Nc1cccc(F)c1)c1cccc2c1CCNC2. The van der Waals surface area contributed by atoms with E-state index >= 15 is 0 Å². The molecular weight excluding hydrogens is 291 g/mol. The van der Waals surface area contributed by atoms with Gasteiger partial charge < -0.3 is 5.32 Å². The highest BCUT2D eigenvalue weighted by atomic mass is 32.2. The minimum Gasteiger partial charge on any atom is -0.312 e. The van der Waals surface area contributed by atoms with Crippen molar-refractivity contribution in [1.82, 2.24) is 5.32 Å². The van der Waals surface area contributed by atoms with Crippen molar-refractivity contribution in [3.05, 3.63) is 59.4 Å². The summed E-state index contributed by atoms with van der Waals surface area (Å²) < 4.78 is 40.7. The van der Waals surface area contributed by atoms with Crippen LogP contribution in [0, 0.1) is 5.82 Å². The monoisotopic (exact) mass is 306 g/mol. The molecule has 0 radical (unpaired) electrons. The molecule has 0 fully saturated rings. The number of benzene rings is 2. The van der Waals surface area contributed by atoms with Crippen molar-refractivity contribution >= 4 is 15.7 Å². The molecule has 2 N–H and O–H groups in total. The number of rotatable bonds is 3. The fourth-order valence-corrected chi connectivity index (χ4v) is 3.87. The van der Waals surface area contributed by atoms with E-state index in [4.69, 9.17) is 0 Å². The quantitative estimate of drug-likeness (QED) is 0.914. The average molecular weight is 306 g/mol. The molecule has 6 heteroatoms. The van der Waals surface area contributed by atoms with Gasteiger partial charge in [-0.1, -0.05) is 18.2 Å². The summed E-state index contributed by atoms with van der Waals surface area (Å²) >= 11 is 0. The van der Waals surface area contributed by atoms with Crippen molar-refractivity contribution < 1.29 is 12.8 Å². The molecule has 2 aromatic carbocycles. The van der Waals surface area contributed by atoms with Gasteiger partial charge in [-0.15, -0.1) is 0 Å². The van der Waals surface area contributed by atoms with Gasteiger partial charge in [0.2, 0.25) is 0 Å². The lowest BCUT2D eigenvalue weighted by atomic mass is 10.0. The van der Waals surface area contributed by atoms with Crippen molar-refractivity contribution in [1.29, 1.82) is 0 Å². The molecule has 0 saturated carbocycles. The highest BCUT2D eigenvalue weighted by Gasteiger charge is 2.22. The molecule has 1 aliphatic heterocycles. The lowest BCUT2D eigenvalue weighted by Gasteiger charge is -2.20. The van der Waals surface area contributed by atoms with E-state index in [0.717, 1.165) is 23.7 Å².